The van der Waals surface area contributed by atoms with E-state index in [4.69, 9.17) is 0 Å². The molecule has 27 heavy (non-hydrogen) atoms. The average Bonchev–Trinajstić information content (AvgIpc) is 3.15. The molecule has 1 fully saturated rings. The first kappa shape index (κ1) is 18.2. The molecule has 3 atom stereocenters. The van der Waals surface area contributed by atoms with Crippen molar-refractivity contribution in [3.63, 3.8) is 0 Å². The van der Waals surface area contributed by atoms with Crippen LogP contribution in [0.25, 0.3) is 6.08 Å². The second-order valence-corrected chi connectivity index (χ2v) is 9.00. The molecule has 2 aliphatic heterocycles. The van der Waals surface area contributed by atoms with Gasteiger partial charge in [-0.3, -0.25) is 0 Å². The molecule has 142 valence electrons. The molecule has 0 unspecified atom stereocenters. The lowest BCUT2D eigenvalue weighted by molar-refractivity contribution is 0.210. The predicted octanol–water partition coefficient (Wildman–Crippen LogP) is 3.26. The van der Waals surface area contributed by atoms with E-state index in [0.717, 1.165) is 23.2 Å². The summed E-state index contributed by atoms with van der Waals surface area (Å²) >= 11 is 0. The van der Waals surface area contributed by atoms with Crippen molar-refractivity contribution in [3.8, 4) is 0 Å². The van der Waals surface area contributed by atoms with Gasteiger partial charge in [0.2, 0.25) is 10.0 Å². The molecule has 0 spiro atoms. The molecule has 0 bridgehead atoms. The van der Waals surface area contributed by atoms with Crippen LogP contribution in [0.15, 0.2) is 59.5 Å². The van der Waals surface area contributed by atoms with Crippen molar-refractivity contribution in [2.24, 2.45) is 5.92 Å². The Balaban J connectivity index is 1.82. The average molecular weight is 385 g/mol. The highest BCUT2D eigenvalue weighted by Crippen LogP contribution is 2.48. The lowest BCUT2D eigenvalue weighted by atomic mass is 9.83. The smallest absolute Gasteiger partial charge is 0.243 e. The number of nitrogens with zero attached hydrogens (tertiary/aromatic N) is 1. The first-order valence-corrected chi connectivity index (χ1v) is 10.7. The van der Waals surface area contributed by atoms with Crippen molar-refractivity contribution in [3.05, 3.63) is 65.7 Å². The topological polar surface area (TPSA) is 69.6 Å². The Bertz CT molecular complexity index is 957. The van der Waals surface area contributed by atoms with Crippen molar-refractivity contribution in [1.29, 1.82) is 0 Å². The Morgan fingerprint density at radius 1 is 1.22 bits per heavy atom. The largest absolute Gasteiger partial charge is 0.394 e. The van der Waals surface area contributed by atoms with Crippen molar-refractivity contribution in [2.75, 3.05) is 18.5 Å². The van der Waals surface area contributed by atoms with Crippen LogP contribution in [0.5, 0.6) is 0 Å². The Morgan fingerprint density at radius 2 is 2.00 bits per heavy atom. The fourth-order valence-corrected chi connectivity index (χ4v) is 6.02. The molecule has 5 nitrogen and oxygen atoms in total. The number of rotatable bonds is 4. The monoisotopic (exact) mass is 384 g/mol. The van der Waals surface area contributed by atoms with E-state index in [1.165, 1.54) is 0 Å². The summed E-state index contributed by atoms with van der Waals surface area (Å²) in [6, 6.07) is 14.2. The van der Waals surface area contributed by atoms with Crippen LogP contribution >= 0.6 is 0 Å². The number of anilines is 1. The van der Waals surface area contributed by atoms with Gasteiger partial charge in [-0.05, 0) is 48.7 Å². The van der Waals surface area contributed by atoms with E-state index < -0.39 is 10.0 Å². The molecular weight excluding hydrogens is 360 g/mol. The minimum Gasteiger partial charge on any atom is -0.394 e. The van der Waals surface area contributed by atoms with Gasteiger partial charge in [-0.15, -0.1) is 0 Å². The molecule has 2 heterocycles. The third kappa shape index (κ3) is 3.08. The van der Waals surface area contributed by atoms with E-state index >= 15 is 0 Å². The maximum Gasteiger partial charge on any atom is 0.243 e. The van der Waals surface area contributed by atoms with Crippen LogP contribution in [0.2, 0.25) is 0 Å². The van der Waals surface area contributed by atoms with Gasteiger partial charge >= 0.3 is 0 Å². The van der Waals surface area contributed by atoms with Gasteiger partial charge in [0.25, 0.3) is 0 Å². The molecule has 0 aliphatic carbocycles. The zero-order chi connectivity index (χ0) is 19.0. The first-order chi connectivity index (χ1) is 13.1. The summed E-state index contributed by atoms with van der Waals surface area (Å²) in [6.07, 6.45) is 4.71. The van der Waals surface area contributed by atoms with Gasteiger partial charge in [0.05, 0.1) is 23.6 Å². The predicted molar refractivity (Wildman–Crippen MR) is 107 cm³/mol. The number of nitrogens with one attached hydrogen (secondary N) is 1. The van der Waals surface area contributed by atoms with E-state index in [1.54, 1.807) is 28.6 Å². The van der Waals surface area contributed by atoms with Crippen LogP contribution in [-0.2, 0) is 10.0 Å². The Morgan fingerprint density at radius 3 is 2.70 bits per heavy atom. The van der Waals surface area contributed by atoms with E-state index in [9.17, 15) is 13.5 Å². The van der Waals surface area contributed by atoms with Gasteiger partial charge in [0, 0.05) is 18.2 Å². The summed E-state index contributed by atoms with van der Waals surface area (Å²) in [5.74, 6) is 0.0434. The summed E-state index contributed by atoms with van der Waals surface area (Å²) < 4.78 is 28.3. The normalized spacial score (nSPS) is 25.2. The maximum absolute atomic E-state index is 13.3. The standard InChI is InChI=1S/C21H24N2O3S/c1-2-6-15-9-10-19-18(13-15)21-17(20(14-24)22-19)11-12-23(21)27(25,26)16-7-4-3-5-8-16/h2-10,13,17,20-22,24H,11-12,14H2,1H3/b6-2+/t17-,20+,21-/m1/s1. The molecule has 6 heteroatoms. The van der Waals surface area contributed by atoms with Crippen molar-refractivity contribution in [1.82, 2.24) is 4.31 Å². The molecule has 2 N–H and O–H groups in total. The number of sulfonamides is 1. The Hall–Kier alpha value is -2.15. The molecular formula is C21H24N2O3S. The fourth-order valence-electron chi connectivity index (χ4n) is 4.33. The first-order valence-electron chi connectivity index (χ1n) is 9.27. The molecule has 0 radical (unpaired) electrons. The highest BCUT2D eigenvalue weighted by Gasteiger charge is 2.48. The number of hydrogen-bond acceptors (Lipinski definition) is 4. The van der Waals surface area contributed by atoms with E-state index in [1.807, 2.05) is 37.3 Å². The third-order valence-corrected chi connectivity index (χ3v) is 7.45. The summed E-state index contributed by atoms with van der Waals surface area (Å²) in [7, 11) is -3.60. The van der Waals surface area contributed by atoms with Crippen LogP contribution in [0, 0.1) is 5.92 Å². The van der Waals surface area contributed by atoms with E-state index in [-0.39, 0.29) is 24.6 Å². The Labute approximate surface area is 160 Å². The highest BCUT2D eigenvalue weighted by atomic mass is 32.2. The maximum atomic E-state index is 13.3. The van der Waals surface area contributed by atoms with Crippen molar-refractivity contribution < 1.29 is 13.5 Å². The molecule has 2 aromatic rings. The summed E-state index contributed by atoms with van der Waals surface area (Å²) in [5, 5.41) is 13.3. The molecule has 0 amide bonds. The quantitative estimate of drug-likeness (QED) is 0.849. The van der Waals surface area contributed by atoms with Gasteiger partial charge in [-0.2, -0.15) is 4.31 Å². The molecule has 2 aliphatic rings. The summed E-state index contributed by atoms with van der Waals surface area (Å²) in [6.45, 7) is 2.40. The summed E-state index contributed by atoms with van der Waals surface area (Å²) in [5.41, 5.74) is 2.93. The van der Waals surface area contributed by atoms with Crippen LogP contribution in [-0.4, -0.2) is 37.0 Å². The van der Waals surface area contributed by atoms with E-state index in [0.29, 0.717) is 11.4 Å². The number of aliphatic hydroxyl groups excluding tert-OH is 1. The SMILES string of the molecule is C/C=C/c1ccc2c(c1)[C@H]1[C@H](CCN1S(=O)(=O)c1ccccc1)[C@H](CO)N2. The lowest BCUT2D eigenvalue weighted by Gasteiger charge is -2.39. The van der Waals surface area contributed by atoms with Gasteiger partial charge in [-0.25, -0.2) is 8.42 Å². The van der Waals surface area contributed by atoms with E-state index in [2.05, 4.69) is 11.4 Å². The molecule has 4 rings (SSSR count). The second kappa shape index (κ2) is 7.11. The number of aliphatic hydroxyl groups is 1. The minimum absolute atomic E-state index is 0.0174. The van der Waals surface area contributed by atoms with Crippen LogP contribution in [0.1, 0.15) is 30.5 Å². The van der Waals surface area contributed by atoms with Gasteiger partial charge in [-0.1, -0.05) is 36.4 Å². The number of benzene rings is 2. The zero-order valence-electron chi connectivity index (χ0n) is 15.2. The van der Waals surface area contributed by atoms with Crippen molar-refractivity contribution in [2.45, 2.75) is 30.3 Å². The lowest BCUT2D eigenvalue weighted by Crippen LogP contribution is -2.42. The summed E-state index contributed by atoms with van der Waals surface area (Å²) in [4.78, 5) is 0.316. The van der Waals surface area contributed by atoms with Gasteiger partial charge in [0.15, 0.2) is 0 Å². The zero-order valence-corrected chi connectivity index (χ0v) is 16.1. The molecule has 1 saturated heterocycles. The third-order valence-electron chi connectivity index (χ3n) is 5.56. The van der Waals surface area contributed by atoms with Gasteiger partial charge < -0.3 is 10.4 Å². The van der Waals surface area contributed by atoms with Gasteiger partial charge in [0.1, 0.15) is 0 Å². The number of fused-ring (bicyclic) bond motifs is 3. The van der Waals surface area contributed by atoms with Crippen molar-refractivity contribution >= 4 is 21.8 Å². The molecule has 0 aromatic heterocycles. The molecule has 0 saturated carbocycles. The Kier molecular flexibility index (Phi) is 4.80. The minimum atomic E-state index is -3.60. The highest BCUT2D eigenvalue weighted by molar-refractivity contribution is 7.89. The fraction of sp³-hybridized carbons (Fsp3) is 0.333. The second-order valence-electron chi connectivity index (χ2n) is 7.11. The molecule has 2 aromatic carbocycles. The number of hydrogen-bond donors (Lipinski definition) is 2. The number of allylic oxidation sites excluding steroid dienone is 1. The van der Waals surface area contributed by atoms with Crippen LogP contribution in [0.3, 0.4) is 0 Å². The van der Waals surface area contributed by atoms with Crippen LogP contribution < -0.4 is 5.32 Å². The van der Waals surface area contributed by atoms with Crippen LogP contribution in [0.4, 0.5) is 5.69 Å².